The molecule has 5 unspecified atom stereocenters. The summed E-state index contributed by atoms with van der Waals surface area (Å²) in [6.45, 7) is 13.2. The number of hydrogen-bond acceptors (Lipinski definition) is 4. The number of fused-ring (bicyclic) bond motifs is 5. The van der Waals surface area contributed by atoms with Crippen LogP contribution in [-0.4, -0.2) is 45.4 Å². The van der Waals surface area contributed by atoms with Crippen LogP contribution in [-0.2, 0) is 18.9 Å². The lowest BCUT2D eigenvalue weighted by Gasteiger charge is -2.58. The summed E-state index contributed by atoms with van der Waals surface area (Å²) in [5, 5.41) is 0. The molecule has 4 aliphatic carbocycles. The summed E-state index contributed by atoms with van der Waals surface area (Å²) < 4.78 is 23.7. The van der Waals surface area contributed by atoms with Gasteiger partial charge in [-0.3, -0.25) is 0 Å². The summed E-state index contributed by atoms with van der Waals surface area (Å²) in [6, 6.07) is 0. The van der Waals surface area contributed by atoms with E-state index in [9.17, 15) is 0 Å². The largest absolute Gasteiger partial charge is 0.382 e. The first-order valence-electron chi connectivity index (χ1n) is 16.4. The number of methoxy groups -OCH3 is 2. The third kappa shape index (κ3) is 5.84. The molecule has 0 aromatic heterocycles. The van der Waals surface area contributed by atoms with Gasteiger partial charge in [0.2, 0.25) is 0 Å². The highest BCUT2D eigenvalue weighted by molar-refractivity contribution is 5.25. The van der Waals surface area contributed by atoms with Gasteiger partial charge in [-0.05, 0) is 104 Å². The Morgan fingerprint density at radius 2 is 1.79 bits per heavy atom. The fourth-order valence-electron chi connectivity index (χ4n) is 10.2. The maximum atomic E-state index is 6.54. The second kappa shape index (κ2) is 12.3. The van der Waals surface area contributed by atoms with Crippen molar-refractivity contribution in [1.82, 2.24) is 0 Å². The average molecular weight is 543 g/mol. The van der Waals surface area contributed by atoms with Crippen LogP contribution in [0.5, 0.6) is 0 Å². The lowest BCUT2D eigenvalue weighted by atomic mass is 9.47. The summed E-state index contributed by atoms with van der Waals surface area (Å²) in [4.78, 5) is 0. The molecule has 3 fully saturated rings. The molecule has 3 saturated carbocycles. The van der Waals surface area contributed by atoms with Crippen molar-refractivity contribution < 1.29 is 18.9 Å². The van der Waals surface area contributed by atoms with Crippen LogP contribution in [0.2, 0.25) is 0 Å². The van der Waals surface area contributed by atoms with E-state index in [0.717, 1.165) is 48.3 Å². The highest BCUT2D eigenvalue weighted by Gasteiger charge is 2.59. The van der Waals surface area contributed by atoms with E-state index in [1.54, 1.807) is 19.8 Å². The third-order valence-electron chi connectivity index (χ3n) is 12.3. The molecule has 4 heteroatoms. The Balaban J connectivity index is 1.22. The molecule has 0 aromatic rings. The predicted octanol–water partition coefficient (Wildman–Crippen LogP) is 8.36. The van der Waals surface area contributed by atoms with Gasteiger partial charge in [0.25, 0.3) is 0 Å². The summed E-state index contributed by atoms with van der Waals surface area (Å²) >= 11 is 0. The molecule has 0 spiro atoms. The third-order valence-corrected chi connectivity index (χ3v) is 12.3. The molecule has 1 heterocycles. The van der Waals surface area contributed by atoms with Crippen molar-refractivity contribution >= 4 is 0 Å². The number of ether oxygens (including phenoxy) is 4. The van der Waals surface area contributed by atoms with Gasteiger partial charge in [0, 0.05) is 14.2 Å². The van der Waals surface area contributed by atoms with Crippen molar-refractivity contribution in [3.8, 4) is 0 Å². The van der Waals surface area contributed by atoms with Crippen LogP contribution in [0, 0.1) is 46.3 Å². The Morgan fingerprint density at radius 3 is 2.54 bits per heavy atom. The fraction of sp³-hybridized carbons (Fsp3) is 0.886. The summed E-state index contributed by atoms with van der Waals surface area (Å²) in [5.41, 5.74) is 2.60. The van der Waals surface area contributed by atoms with E-state index in [1.165, 1.54) is 57.8 Å². The molecule has 1 aliphatic heterocycles. The van der Waals surface area contributed by atoms with Crippen LogP contribution in [0.4, 0.5) is 0 Å². The first-order chi connectivity index (χ1) is 18.7. The average Bonchev–Trinajstić information content (AvgIpc) is 3.26. The van der Waals surface area contributed by atoms with E-state index in [1.807, 2.05) is 6.08 Å². The molecule has 0 N–H and O–H groups in total. The van der Waals surface area contributed by atoms with Crippen molar-refractivity contribution in [2.45, 2.75) is 130 Å². The molecule has 0 amide bonds. The first-order valence-corrected chi connectivity index (χ1v) is 16.4. The molecule has 0 bridgehead atoms. The standard InChI is InChI=1S/C35H58O4/c1-23(2)9-8-10-24(3)28-13-14-29-27-12-11-25-21-26(17-19-34(25,4)30(27)18-20-35(28,29)5)38-33-16-15-31(37-7)32(39-33)22-36-6/h11,15-16,23-24,26-33H,8-10,12-14,17-22H2,1-7H3/t24?,26-,27?,28+,29?,30?,31-,32+,33?,34-,35+/m0/s1. The van der Waals surface area contributed by atoms with Crippen LogP contribution in [0.1, 0.15) is 105 Å². The van der Waals surface area contributed by atoms with Gasteiger partial charge in [-0.1, -0.05) is 71.6 Å². The monoisotopic (exact) mass is 542 g/mol. The minimum absolute atomic E-state index is 0.0763. The Morgan fingerprint density at radius 1 is 0.974 bits per heavy atom. The summed E-state index contributed by atoms with van der Waals surface area (Å²) in [6.07, 6.45) is 21.3. The Bertz CT molecular complexity index is 880. The number of hydrogen-bond donors (Lipinski definition) is 0. The Kier molecular flexibility index (Phi) is 9.38. The zero-order valence-corrected chi connectivity index (χ0v) is 26.1. The minimum atomic E-state index is -0.309. The molecule has 5 aliphatic rings. The van der Waals surface area contributed by atoms with Crippen LogP contribution in [0.3, 0.4) is 0 Å². The van der Waals surface area contributed by atoms with Gasteiger partial charge >= 0.3 is 0 Å². The van der Waals surface area contributed by atoms with E-state index < -0.39 is 0 Å². The molecule has 222 valence electrons. The molecule has 0 radical (unpaired) electrons. The van der Waals surface area contributed by atoms with E-state index in [0.29, 0.717) is 17.4 Å². The van der Waals surface area contributed by atoms with Crippen molar-refractivity contribution in [2.24, 2.45) is 46.3 Å². The zero-order valence-electron chi connectivity index (χ0n) is 26.1. The molecule has 0 saturated heterocycles. The van der Waals surface area contributed by atoms with E-state index in [-0.39, 0.29) is 24.6 Å². The van der Waals surface area contributed by atoms with Crippen LogP contribution >= 0.6 is 0 Å². The van der Waals surface area contributed by atoms with Gasteiger partial charge in [-0.25, -0.2) is 0 Å². The molecule has 4 nitrogen and oxygen atoms in total. The summed E-state index contributed by atoms with van der Waals surface area (Å²) in [7, 11) is 3.43. The Labute approximate surface area is 239 Å². The number of rotatable bonds is 10. The smallest absolute Gasteiger partial charge is 0.177 e. The fourth-order valence-corrected chi connectivity index (χ4v) is 10.2. The molecule has 11 atom stereocenters. The van der Waals surface area contributed by atoms with Gasteiger partial charge in [0.15, 0.2) is 6.29 Å². The minimum Gasteiger partial charge on any atom is -0.382 e. The maximum absolute atomic E-state index is 6.54. The van der Waals surface area contributed by atoms with Gasteiger partial charge in [0.05, 0.1) is 12.7 Å². The highest BCUT2D eigenvalue weighted by Crippen LogP contribution is 2.67. The molecular weight excluding hydrogens is 484 g/mol. The van der Waals surface area contributed by atoms with Crippen molar-refractivity contribution in [1.29, 1.82) is 0 Å². The number of allylic oxidation sites excluding steroid dienone is 1. The first kappa shape index (κ1) is 29.8. The van der Waals surface area contributed by atoms with Crippen LogP contribution in [0.15, 0.2) is 23.8 Å². The zero-order chi connectivity index (χ0) is 27.8. The maximum Gasteiger partial charge on any atom is 0.177 e. The SMILES string of the molecule is COC[C@H]1OC(O[C@H]2CC[C@@]3(C)C(=CCC4C3CC[C@@]3(C)C4CC[C@@H]3C(C)CCCC(C)C)C2)C=C[C@@H]1OC. The normalized spacial score (nSPS) is 44.5. The lowest BCUT2D eigenvalue weighted by Crippen LogP contribution is -2.51. The topological polar surface area (TPSA) is 36.9 Å². The van der Waals surface area contributed by atoms with E-state index in [2.05, 4.69) is 46.8 Å². The second-order valence-corrected chi connectivity index (χ2v) is 14.9. The molecule has 5 rings (SSSR count). The van der Waals surface area contributed by atoms with Gasteiger partial charge in [-0.2, -0.15) is 0 Å². The van der Waals surface area contributed by atoms with Crippen LogP contribution in [0.25, 0.3) is 0 Å². The quantitative estimate of drug-likeness (QED) is 0.260. The lowest BCUT2D eigenvalue weighted by molar-refractivity contribution is -0.208. The molecule has 39 heavy (non-hydrogen) atoms. The van der Waals surface area contributed by atoms with Gasteiger partial charge in [0.1, 0.15) is 12.2 Å². The molecule has 0 aromatic carbocycles. The highest BCUT2D eigenvalue weighted by atomic mass is 16.7. The van der Waals surface area contributed by atoms with Crippen molar-refractivity contribution in [3.63, 3.8) is 0 Å². The molecular formula is C35H58O4. The van der Waals surface area contributed by atoms with Gasteiger partial charge < -0.3 is 18.9 Å². The van der Waals surface area contributed by atoms with E-state index >= 15 is 0 Å². The van der Waals surface area contributed by atoms with Crippen LogP contribution < -0.4 is 0 Å². The predicted molar refractivity (Wildman–Crippen MR) is 158 cm³/mol. The van der Waals surface area contributed by atoms with Crippen molar-refractivity contribution in [2.75, 3.05) is 20.8 Å². The van der Waals surface area contributed by atoms with Crippen molar-refractivity contribution in [3.05, 3.63) is 23.8 Å². The summed E-state index contributed by atoms with van der Waals surface area (Å²) in [5.74, 6) is 5.31. The Hall–Kier alpha value is -0.680. The van der Waals surface area contributed by atoms with Gasteiger partial charge in [-0.15, -0.1) is 0 Å². The van der Waals surface area contributed by atoms with E-state index in [4.69, 9.17) is 18.9 Å². The second-order valence-electron chi connectivity index (χ2n) is 14.9.